The van der Waals surface area contributed by atoms with Gasteiger partial charge in [-0.1, -0.05) is 30.3 Å². The number of carbonyl (C=O) groups is 1. The summed E-state index contributed by atoms with van der Waals surface area (Å²) in [5.74, 6) is 0.0491. The Morgan fingerprint density at radius 2 is 2.04 bits per heavy atom. The molecule has 0 spiro atoms. The molecule has 6 nitrogen and oxygen atoms in total. The van der Waals surface area contributed by atoms with Crippen LogP contribution in [-0.2, 0) is 16.1 Å². The van der Waals surface area contributed by atoms with Gasteiger partial charge in [0.1, 0.15) is 6.61 Å². The van der Waals surface area contributed by atoms with Crippen LogP contribution in [0.15, 0.2) is 30.3 Å². The minimum Gasteiger partial charge on any atom is -0.394 e. The highest BCUT2D eigenvalue weighted by Gasteiger charge is 2.45. The van der Waals surface area contributed by atoms with E-state index < -0.39 is 0 Å². The fourth-order valence-electron chi connectivity index (χ4n) is 4.20. The summed E-state index contributed by atoms with van der Waals surface area (Å²) in [5, 5.41) is 10.1. The molecule has 2 heterocycles. The Morgan fingerprint density at radius 3 is 2.72 bits per heavy atom. The lowest BCUT2D eigenvalue weighted by molar-refractivity contribution is -0.145. The number of hydrogen-bond acceptors (Lipinski definition) is 5. The number of rotatable bonds is 5. The van der Waals surface area contributed by atoms with Gasteiger partial charge in [0.15, 0.2) is 0 Å². The highest BCUT2D eigenvalue weighted by atomic mass is 16.5. The van der Waals surface area contributed by atoms with Crippen molar-refractivity contribution in [2.45, 2.75) is 25.0 Å². The standard InChI is InChI=1S/C19H29N3O3/c1-19(15-23)14-20(10-16-6-4-3-5-7-16)11-17-12-21(8-9-22(17)19)18(24)13-25-2/h3-7,17,23H,8-15H2,1-2H3. The van der Waals surface area contributed by atoms with Crippen molar-refractivity contribution in [2.24, 2.45) is 0 Å². The zero-order valence-corrected chi connectivity index (χ0v) is 15.2. The molecule has 1 N–H and O–H groups in total. The van der Waals surface area contributed by atoms with Gasteiger partial charge in [0.05, 0.1) is 12.1 Å². The van der Waals surface area contributed by atoms with Gasteiger partial charge in [-0.2, -0.15) is 0 Å². The normalized spacial score (nSPS) is 28.0. The zero-order valence-electron chi connectivity index (χ0n) is 15.2. The van der Waals surface area contributed by atoms with Crippen molar-refractivity contribution in [3.05, 3.63) is 35.9 Å². The maximum absolute atomic E-state index is 12.2. The molecule has 2 atom stereocenters. The molecule has 1 aromatic rings. The Morgan fingerprint density at radius 1 is 1.28 bits per heavy atom. The van der Waals surface area contributed by atoms with Crippen molar-refractivity contribution in [1.29, 1.82) is 0 Å². The summed E-state index contributed by atoms with van der Waals surface area (Å²) < 4.78 is 5.00. The molecule has 2 aliphatic rings. The average Bonchev–Trinajstić information content (AvgIpc) is 2.62. The maximum atomic E-state index is 12.2. The van der Waals surface area contributed by atoms with E-state index >= 15 is 0 Å². The van der Waals surface area contributed by atoms with Crippen molar-refractivity contribution in [3.63, 3.8) is 0 Å². The molecular weight excluding hydrogens is 318 g/mol. The summed E-state index contributed by atoms with van der Waals surface area (Å²) in [4.78, 5) is 18.9. The second-order valence-corrected chi connectivity index (χ2v) is 7.43. The highest BCUT2D eigenvalue weighted by molar-refractivity contribution is 5.77. The first-order valence-electron chi connectivity index (χ1n) is 8.96. The molecule has 2 fully saturated rings. The van der Waals surface area contributed by atoms with Crippen LogP contribution in [0.5, 0.6) is 0 Å². The zero-order chi connectivity index (χ0) is 17.9. The summed E-state index contributed by atoms with van der Waals surface area (Å²) in [7, 11) is 1.55. The molecule has 2 unspecified atom stereocenters. The number of nitrogens with zero attached hydrogens (tertiary/aromatic N) is 3. The van der Waals surface area contributed by atoms with Crippen LogP contribution < -0.4 is 0 Å². The van der Waals surface area contributed by atoms with E-state index in [4.69, 9.17) is 4.74 Å². The van der Waals surface area contributed by atoms with Crippen LogP contribution in [0.3, 0.4) is 0 Å². The minimum atomic E-state index is -0.270. The van der Waals surface area contributed by atoms with Crippen molar-refractivity contribution < 1.29 is 14.6 Å². The largest absolute Gasteiger partial charge is 0.394 e. The van der Waals surface area contributed by atoms with Crippen LogP contribution in [-0.4, -0.2) is 90.3 Å². The number of amides is 1. The predicted molar refractivity (Wildman–Crippen MR) is 96.2 cm³/mol. The van der Waals surface area contributed by atoms with Crippen LogP contribution in [0.1, 0.15) is 12.5 Å². The molecule has 0 aliphatic carbocycles. The molecule has 0 bridgehead atoms. The molecule has 2 saturated heterocycles. The summed E-state index contributed by atoms with van der Waals surface area (Å²) in [6, 6.07) is 10.7. The SMILES string of the molecule is COCC(=O)N1CCN2C(CN(Cc3ccccc3)CC2(C)CO)C1. The van der Waals surface area contributed by atoms with Crippen molar-refractivity contribution >= 4 is 5.91 Å². The topological polar surface area (TPSA) is 56.2 Å². The molecule has 25 heavy (non-hydrogen) atoms. The third-order valence-electron chi connectivity index (χ3n) is 5.42. The van der Waals surface area contributed by atoms with E-state index in [2.05, 4.69) is 41.0 Å². The molecule has 3 rings (SSSR count). The van der Waals surface area contributed by atoms with E-state index in [1.165, 1.54) is 5.56 Å². The van der Waals surface area contributed by atoms with Gasteiger partial charge < -0.3 is 14.7 Å². The van der Waals surface area contributed by atoms with Gasteiger partial charge in [0.2, 0.25) is 5.91 Å². The van der Waals surface area contributed by atoms with Gasteiger partial charge in [-0.15, -0.1) is 0 Å². The van der Waals surface area contributed by atoms with Crippen LogP contribution in [0.25, 0.3) is 0 Å². The smallest absolute Gasteiger partial charge is 0.248 e. The molecule has 6 heteroatoms. The van der Waals surface area contributed by atoms with Gasteiger partial charge >= 0.3 is 0 Å². The molecule has 0 aromatic heterocycles. The number of benzene rings is 1. The van der Waals surface area contributed by atoms with E-state index in [-0.39, 0.29) is 30.7 Å². The van der Waals surface area contributed by atoms with E-state index in [1.54, 1.807) is 7.11 Å². The number of aliphatic hydroxyl groups excluding tert-OH is 1. The highest BCUT2D eigenvalue weighted by Crippen LogP contribution is 2.29. The average molecular weight is 347 g/mol. The van der Waals surface area contributed by atoms with Crippen molar-refractivity contribution in [1.82, 2.24) is 14.7 Å². The van der Waals surface area contributed by atoms with Crippen LogP contribution in [0, 0.1) is 0 Å². The molecule has 0 saturated carbocycles. The fourth-order valence-corrected chi connectivity index (χ4v) is 4.20. The monoisotopic (exact) mass is 347 g/mol. The Kier molecular flexibility index (Phi) is 5.74. The molecule has 0 radical (unpaired) electrons. The number of hydrogen-bond donors (Lipinski definition) is 1. The number of ether oxygens (including phenoxy) is 1. The van der Waals surface area contributed by atoms with Gasteiger partial charge in [0.25, 0.3) is 0 Å². The van der Waals surface area contributed by atoms with Crippen molar-refractivity contribution in [3.8, 4) is 0 Å². The third kappa shape index (κ3) is 4.03. The van der Waals surface area contributed by atoms with E-state index in [9.17, 15) is 9.90 Å². The molecule has 1 aromatic carbocycles. The maximum Gasteiger partial charge on any atom is 0.248 e. The van der Waals surface area contributed by atoms with Gasteiger partial charge in [-0.3, -0.25) is 14.6 Å². The summed E-state index contributed by atoms with van der Waals surface area (Å²) >= 11 is 0. The number of piperazine rings is 2. The first kappa shape index (κ1) is 18.3. The van der Waals surface area contributed by atoms with Crippen molar-refractivity contribution in [2.75, 3.05) is 53.0 Å². The van der Waals surface area contributed by atoms with Crippen LogP contribution in [0.2, 0.25) is 0 Å². The lowest BCUT2D eigenvalue weighted by atomic mass is 9.91. The van der Waals surface area contributed by atoms with Gasteiger partial charge in [-0.05, 0) is 12.5 Å². The van der Waals surface area contributed by atoms with E-state index in [0.717, 1.165) is 26.2 Å². The first-order valence-corrected chi connectivity index (χ1v) is 8.96. The number of carbonyl (C=O) groups excluding carboxylic acids is 1. The second-order valence-electron chi connectivity index (χ2n) is 7.43. The predicted octanol–water partition coefficient (Wildman–Crippen LogP) is 0.412. The molecular formula is C19H29N3O3. The Bertz CT molecular complexity index is 583. The third-order valence-corrected chi connectivity index (χ3v) is 5.42. The minimum absolute atomic E-state index is 0.0491. The first-order chi connectivity index (χ1) is 12.1. The Balaban J connectivity index is 1.72. The number of fused-ring (bicyclic) bond motifs is 1. The summed E-state index contributed by atoms with van der Waals surface area (Å²) in [6.45, 7) is 7.20. The van der Waals surface area contributed by atoms with E-state index in [1.807, 2.05) is 11.0 Å². The lowest BCUT2D eigenvalue weighted by Gasteiger charge is -2.56. The quantitative estimate of drug-likeness (QED) is 0.836. The number of methoxy groups -OCH3 is 1. The summed E-state index contributed by atoms with van der Waals surface area (Å²) in [5.41, 5.74) is 1.01. The van der Waals surface area contributed by atoms with E-state index in [0.29, 0.717) is 13.1 Å². The Hall–Kier alpha value is -1.47. The summed E-state index contributed by atoms with van der Waals surface area (Å²) in [6.07, 6.45) is 0. The van der Waals surface area contributed by atoms with Crippen LogP contribution >= 0.6 is 0 Å². The Labute approximate surface area is 150 Å². The van der Waals surface area contributed by atoms with Gasteiger partial charge in [0, 0.05) is 52.4 Å². The second kappa shape index (κ2) is 7.83. The molecule has 2 aliphatic heterocycles. The number of aliphatic hydroxyl groups is 1. The van der Waals surface area contributed by atoms with Crippen LogP contribution in [0.4, 0.5) is 0 Å². The molecule has 1 amide bonds. The molecule has 138 valence electrons. The lowest BCUT2D eigenvalue weighted by Crippen LogP contribution is -2.72. The fraction of sp³-hybridized carbons (Fsp3) is 0.632. The van der Waals surface area contributed by atoms with Gasteiger partial charge in [-0.25, -0.2) is 0 Å².